The van der Waals surface area contributed by atoms with Crippen LogP contribution in [0.15, 0.2) is 34.7 Å². The Bertz CT molecular complexity index is 710. The van der Waals surface area contributed by atoms with E-state index in [1.54, 1.807) is 4.90 Å². The van der Waals surface area contributed by atoms with E-state index in [1.165, 1.54) is 0 Å². The molecule has 0 aliphatic carbocycles. The minimum atomic E-state index is -0.209. The van der Waals surface area contributed by atoms with Gasteiger partial charge < -0.3 is 25.3 Å². The predicted octanol–water partition coefficient (Wildman–Crippen LogP) is 2.08. The molecule has 7 heteroatoms. The summed E-state index contributed by atoms with van der Waals surface area (Å²) in [6.07, 6.45) is 1.41. The standard InChI is InChI=1S/C18H24N4O3/c1-2-19-18(24)22-10-8-14(12-22)21-17(23)20-9-7-15-11-13-5-3-4-6-16(13)25-15/h3-6,11,14H,2,7-10,12H2,1H3,(H,19,24)(H2,20,21,23)/t14-/m0/s1. The third kappa shape index (κ3) is 4.43. The molecule has 1 aliphatic rings. The highest BCUT2D eigenvalue weighted by Crippen LogP contribution is 2.18. The van der Waals surface area contributed by atoms with Crippen molar-refractivity contribution >= 4 is 23.0 Å². The Morgan fingerprint density at radius 3 is 2.92 bits per heavy atom. The molecular formula is C18H24N4O3. The number of carbonyl (C=O) groups excluding carboxylic acids is 2. The fraction of sp³-hybridized carbons (Fsp3) is 0.444. The van der Waals surface area contributed by atoms with Crippen molar-refractivity contribution in [1.82, 2.24) is 20.9 Å². The van der Waals surface area contributed by atoms with Crippen molar-refractivity contribution in [2.75, 3.05) is 26.2 Å². The fourth-order valence-electron chi connectivity index (χ4n) is 3.02. The Hall–Kier alpha value is -2.70. The van der Waals surface area contributed by atoms with Gasteiger partial charge in [-0.15, -0.1) is 0 Å². The maximum absolute atomic E-state index is 12.0. The first-order chi connectivity index (χ1) is 12.2. The second-order valence-corrected chi connectivity index (χ2v) is 6.17. The Labute approximate surface area is 146 Å². The number of fused-ring (bicyclic) bond motifs is 1. The number of rotatable bonds is 5. The number of likely N-dealkylation sites (tertiary alicyclic amines) is 1. The van der Waals surface area contributed by atoms with Crippen LogP contribution >= 0.6 is 0 Å². The molecule has 1 aromatic carbocycles. The van der Waals surface area contributed by atoms with E-state index in [0.29, 0.717) is 32.6 Å². The molecule has 2 heterocycles. The first-order valence-electron chi connectivity index (χ1n) is 8.70. The molecule has 7 nitrogen and oxygen atoms in total. The summed E-state index contributed by atoms with van der Waals surface area (Å²) in [5.74, 6) is 0.852. The monoisotopic (exact) mass is 344 g/mol. The largest absolute Gasteiger partial charge is 0.461 e. The van der Waals surface area contributed by atoms with Crippen LogP contribution < -0.4 is 16.0 Å². The van der Waals surface area contributed by atoms with E-state index >= 15 is 0 Å². The molecule has 0 bridgehead atoms. The SMILES string of the molecule is CCNC(=O)N1CC[C@H](NC(=O)NCCc2cc3ccccc3o2)C1. The van der Waals surface area contributed by atoms with Gasteiger partial charge in [-0.1, -0.05) is 18.2 Å². The van der Waals surface area contributed by atoms with Gasteiger partial charge in [-0.05, 0) is 25.5 Å². The average molecular weight is 344 g/mol. The Balaban J connectivity index is 1.39. The summed E-state index contributed by atoms with van der Waals surface area (Å²) in [5, 5.41) is 9.60. The molecule has 134 valence electrons. The average Bonchev–Trinajstić information content (AvgIpc) is 3.21. The van der Waals surface area contributed by atoms with Crippen LogP contribution in [-0.4, -0.2) is 49.2 Å². The van der Waals surface area contributed by atoms with Crippen LogP contribution in [0.3, 0.4) is 0 Å². The molecule has 1 aliphatic heterocycles. The second kappa shape index (κ2) is 7.92. The number of hydrogen-bond acceptors (Lipinski definition) is 3. The summed E-state index contributed by atoms with van der Waals surface area (Å²) in [6, 6.07) is 9.55. The van der Waals surface area contributed by atoms with Crippen LogP contribution in [0.4, 0.5) is 9.59 Å². The van der Waals surface area contributed by atoms with Crippen molar-refractivity contribution in [3.8, 4) is 0 Å². The summed E-state index contributed by atoms with van der Waals surface area (Å²) in [5.41, 5.74) is 0.860. The van der Waals surface area contributed by atoms with Gasteiger partial charge in [0.2, 0.25) is 0 Å². The second-order valence-electron chi connectivity index (χ2n) is 6.17. The van der Waals surface area contributed by atoms with Gasteiger partial charge in [0.05, 0.1) is 0 Å². The first-order valence-corrected chi connectivity index (χ1v) is 8.70. The molecule has 2 aromatic rings. The van der Waals surface area contributed by atoms with Crippen molar-refractivity contribution in [2.45, 2.75) is 25.8 Å². The quantitative estimate of drug-likeness (QED) is 0.776. The van der Waals surface area contributed by atoms with E-state index in [4.69, 9.17) is 4.42 Å². The highest BCUT2D eigenvalue weighted by Gasteiger charge is 2.26. The number of benzene rings is 1. The predicted molar refractivity (Wildman–Crippen MR) is 95.5 cm³/mol. The highest BCUT2D eigenvalue weighted by molar-refractivity contribution is 5.78. The molecule has 1 aromatic heterocycles. The van der Waals surface area contributed by atoms with Crippen LogP contribution in [0.25, 0.3) is 11.0 Å². The minimum absolute atomic E-state index is 0.00573. The van der Waals surface area contributed by atoms with Gasteiger partial charge in [0.15, 0.2) is 0 Å². The number of furan rings is 1. The van der Waals surface area contributed by atoms with E-state index in [2.05, 4.69) is 16.0 Å². The maximum atomic E-state index is 12.0. The normalized spacial score (nSPS) is 16.8. The molecule has 1 saturated heterocycles. The van der Waals surface area contributed by atoms with Gasteiger partial charge in [-0.2, -0.15) is 0 Å². The van der Waals surface area contributed by atoms with Crippen LogP contribution in [-0.2, 0) is 6.42 Å². The molecular weight excluding hydrogens is 320 g/mol. The molecule has 0 spiro atoms. The van der Waals surface area contributed by atoms with Crippen LogP contribution in [0.2, 0.25) is 0 Å². The molecule has 0 unspecified atom stereocenters. The fourth-order valence-corrected chi connectivity index (χ4v) is 3.02. The lowest BCUT2D eigenvalue weighted by atomic mass is 10.2. The Kier molecular flexibility index (Phi) is 5.42. The number of nitrogens with zero attached hydrogens (tertiary/aromatic N) is 1. The molecule has 0 radical (unpaired) electrons. The topological polar surface area (TPSA) is 86.6 Å². The van der Waals surface area contributed by atoms with Crippen LogP contribution in [0.5, 0.6) is 0 Å². The van der Waals surface area contributed by atoms with Gasteiger partial charge in [0.1, 0.15) is 11.3 Å². The third-order valence-corrected chi connectivity index (χ3v) is 4.27. The van der Waals surface area contributed by atoms with Gasteiger partial charge in [-0.25, -0.2) is 9.59 Å². The van der Waals surface area contributed by atoms with E-state index in [0.717, 1.165) is 23.2 Å². The van der Waals surface area contributed by atoms with E-state index < -0.39 is 0 Å². The summed E-state index contributed by atoms with van der Waals surface area (Å²) in [4.78, 5) is 25.5. The summed E-state index contributed by atoms with van der Waals surface area (Å²) in [7, 11) is 0. The molecule has 0 saturated carbocycles. The number of urea groups is 2. The van der Waals surface area contributed by atoms with Crippen molar-refractivity contribution in [3.63, 3.8) is 0 Å². The zero-order valence-corrected chi connectivity index (χ0v) is 14.4. The molecule has 4 amide bonds. The number of hydrogen-bond donors (Lipinski definition) is 3. The van der Waals surface area contributed by atoms with E-state index in [9.17, 15) is 9.59 Å². The molecule has 1 atom stereocenters. The first kappa shape index (κ1) is 17.1. The third-order valence-electron chi connectivity index (χ3n) is 4.27. The van der Waals surface area contributed by atoms with Crippen molar-refractivity contribution in [2.24, 2.45) is 0 Å². The van der Waals surface area contributed by atoms with E-state index in [-0.39, 0.29) is 18.1 Å². The lowest BCUT2D eigenvalue weighted by molar-refractivity contribution is 0.207. The zero-order valence-electron chi connectivity index (χ0n) is 14.4. The Morgan fingerprint density at radius 1 is 1.28 bits per heavy atom. The number of nitrogens with one attached hydrogen (secondary N) is 3. The van der Waals surface area contributed by atoms with Crippen LogP contribution in [0, 0.1) is 0 Å². The summed E-state index contributed by atoms with van der Waals surface area (Å²) < 4.78 is 5.72. The van der Waals surface area contributed by atoms with Crippen LogP contribution in [0.1, 0.15) is 19.1 Å². The van der Waals surface area contributed by atoms with Gasteiger partial charge in [0.25, 0.3) is 0 Å². The van der Waals surface area contributed by atoms with Crippen molar-refractivity contribution < 1.29 is 14.0 Å². The van der Waals surface area contributed by atoms with Gasteiger partial charge in [0, 0.05) is 44.0 Å². The lowest BCUT2D eigenvalue weighted by Crippen LogP contribution is -2.45. The maximum Gasteiger partial charge on any atom is 0.317 e. The van der Waals surface area contributed by atoms with E-state index in [1.807, 2.05) is 37.3 Å². The summed E-state index contributed by atoms with van der Waals surface area (Å²) in [6.45, 7) is 4.20. The lowest BCUT2D eigenvalue weighted by Gasteiger charge is -2.17. The number of para-hydroxylation sites is 1. The number of carbonyl (C=O) groups is 2. The van der Waals surface area contributed by atoms with Crippen molar-refractivity contribution in [3.05, 3.63) is 36.1 Å². The molecule has 25 heavy (non-hydrogen) atoms. The molecule has 3 rings (SSSR count). The Morgan fingerprint density at radius 2 is 2.12 bits per heavy atom. The number of amides is 4. The zero-order chi connectivity index (χ0) is 17.6. The smallest absolute Gasteiger partial charge is 0.317 e. The molecule has 1 fully saturated rings. The van der Waals surface area contributed by atoms with Gasteiger partial charge in [-0.3, -0.25) is 0 Å². The van der Waals surface area contributed by atoms with Gasteiger partial charge >= 0.3 is 12.1 Å². The van der Waals surface area contributed by atoms with Crippen molar-refractivity contribution in [1.29, 1.82) is 0 Å². The summed E-state index contributed by atoms with van der Waals surface area (Å²) >= 11 is 0. The molecule has 3 N–H and O–H groups in total. The highest BCUT2D eigenvalue weighted by atomic mass is 16.3. The minimum Gasteiger partial charge on any atom is -0.461 e.